The zero-order valence-electron chi connectivity index (χ0n) is 10.4. The number of hydrazine groups is 1. The van der Waals surface area contributed by atoms with E-state index < -0.39 is 5.60 Å². The van der Waals surface area contributed by atoms with Crippen LogP contribution >= 0.6 is 0 Å². The average molecular weight is 229 g/mol. The number of hydrogen-bond acceptors (Lipinski definition) is 4. The van der Waals surface area contributed by atoms with Gasteiger partial charge in [0.25, 0.3) is 0 Å². The Labute approximate surface area is 97.0 Å². The van der Waals surface area contributed by atoms with Crippen LogP contribution < -0.4 is 11.3 Å². The van der Waals surface area contributed by atoms with Gasteiger partial charge in [-0.05, 0) is 33.2 Å². The van der Waals surface area contributed by atoms with Crippen LogP contribution in [0.1, 0.15) is 33.6 Å². The first-order chi connectivity index (χ1) is 7.37. The van der Waals surface area contributed by atoms with Gasteiger partial charge in [-0.15, -0.1) is 0 Å². The molecular weight excluding hydrogens is 206 g/mol. The molecule has 1 aliphatic heterocycles. The molecule has 0 aromatic rings. The SMILES string of the molecule is CC(C(=O)NN)C(C)N1CCCC(C)(O)C1. The summed E-state index contributed by atoms with van der Waals surface area (Å²) in [5.74, 6) is 4.80. The molecule has 94 valence electrons. The fourth-order valence-corrected chi connectivity index (χ4v) is 2.27. The molecule has 0 aliphatic carbocycles. The molecule has 0 aromatic carbocycles. The van der Waals surface area contributed by atoms with Gasteiger partial charge in [0.1, 0.15) is 0 Å². The Morgan fingerprint density at radius 3 is 2.69 bits per heavy atom. The van der Waals surface area contributed by atoms with Crippen molar-refractivity contribution in [3.8, 4) is 0 Å². The Morgan fingerprint density at radius 2 is 2.19 bits per heavy atom. The maximum atomic E-state index is 11.4. The van der Waals surface area contributed by atoms with E-state index in [4.69, 9.17) is 5.84 Å². The third-order valence-corrected chi connectivity index (χ3v) is 3.56. The molecule has 0 spiro atoms. The van der Waals surface area contributed by atoms with Crippen LogP contribution in [-0.4, -0.2) is 40.6 Å². The summed E-state index contributed by atoms with van der Waals surface area (Å²) in [7, 11) is 0. The lowest BCUT2D eigenvalue weighted by atomic mass is 9.91. The molecule has 5 heteroatoms. The Bertz CT molecular complexity index is 256. The lowest BCUT2D eigenvalue weighted by Gasteiger charge is -2.41. The second kappa shape index (κ2) is 5.12. The number of piperidine rings is 1. The zero-order chi connectivity index (χ0) is 12.3. The van der Waals surface area contributed by atoms with Crippen LogP contribution in [0.4, 0.5) is 0 Å². The number of carbonyl (C=O) groups is 1. The van der Waals surface area contributed by atoms with Crippen molar-refractivity contribution in [3.63, 3.8) is 0 Å². The van der Waals surface area contributed by atoms with Gasteiger partial charge in [0, 0.05) is 12.6 Å². The van der Waals surface area contributed by atoms with Gasteiger partial charge >= 0.3 is 0 Å². The number of rotatable bonds is 3. The number of nitrogens with zero attached hydrogens (tertiary/aromatic N) is 1. The molecule has 1 amide bonds. The highest BCUT2D eigenvalue weighted by molar-refractivity contribution is 5.78. The fraction of sp³-hybridized carbons (Fsp3) is 0.909. The smallest absolute Gasteiger partial charge is 0.238 e. The van der Waals surface area contributed by atoms with Crippen LogP contribution in [0.5, 0.6) is 0 Å². The molecule has 16 heavy (non-hydrogen) atoms. The van der Waals surface area contributed by atoms with Crippen molar-refractivity contribution >= 4 is 5.91 Å². The Hall–Kier alpha value is -0.650. The predicted octanol–water partition coefficient (Wildman–Crippen LogP) is -0.152. The number of likely N-dealkylation sites (tertiary alicyclic amines) is 1. The van der Waals surface area contributed by atoms with Crippen molar-refractivity contribution in [1.82, 2.24) is 10.3 Å². The number of hydrogen-bond donors (Lipinski definition) is 3. The number of nitrogens with one attached hydrogen (secondary N) is 1. The maximum Gasteiger partial charge on any atom is 0.238 e. The summed E-state index contributed by atoms with van der Waals surface area (Å²) in [6.07, 6.45) is 1.79. The fourth-order valence-electron chi connectivity index (χ4n) is 2.27. The molecule has 1 heterocycles. The molecule has 3 atom stereocenters. The van der Waals surface area contributed by atoms with E-state index in [-0.39, 0.29) is 17.9 Å². The van der Waals surface area contributed by atoms with Crippen LogP contribution in [0, 0.1) is 5.92 Å². The molecule has 3 unspecified atom stereocenters. The summed E-state index contributed by atoms with van der Waals surface area (Å²) in [5.41, 5.74) is 1.54. The summed E-state index contributed by atoms with van der Waals surface area (Å²) >= 11 is 0. The second-order valence-corrected chi connectivity index (χ2v) is 5.11. The van der Waals surface area contributed by atoms with Gasteiger partial charge in [-0.3, -0.25) is 15.1 Å². The normalized spacial score (nSPS) is 30.8. The third-order valence-electron chi connectivity index (χ3n) is 3.56. The molecule has 0 saturated carbocycles. The minimum atomic E-state index is -0.634. The van der Waals surface area contributed by atoms with Crippen molar-refractivity contribution in [3.05, 3.63) is 0 Å². The topological polar surface area (TPSA) is 78.6 Å². The first-order valence-electron chi connectivity index (χ1n) is 5.84. The molecule has 1 rings (SSSR count). The highest BCUT2D eigenvalue weighted by atomic mass is 16.3. The summed E-state index contributed by atoms with van der Waals surface area (Å²) in [4.78, 5) is 13.6. The molecule has 4 N–H and O–H groups in total. The molecule has 0 radical (unpaired) electrons. The molecule has 1 saturated heterocycles. The van der Waals surface area contributed by atoms with Gasteiger partial charge in [0.15, 0.2) is 0 Å². The third kappa shape index (κ3) is 3.17. The van der Waals surface area contributed by atoms with Gasteiger partial charge in [0.05, 0.1) is 11.5 Å². The molecule has 0 bridgehead atoms. The van der Waals surface area contributed by atoms with Crippen LogP contribution in [-0.2, 0) is 4.79 Å². The van der Waals surface area contributed by atoms with Crippen molar-refractivity contribution in [2.45, 2.75) is 45.3 Å². The van der Waals surface area contributed by atoms with E-state index in [1.807, 2.05) is 20.8 Å². The van der Waals surface area contributed by atoms with E-state index in [1.165, 1.54) is 0 Å². The first-order valence-corrected chi connectivity index (χ1v) is 5.84. The van der Waals surface area contributed by atoms with Gasteiger partial charge in [0.2, 0.25) is 5.91 Å². The quantitative estimate of drug-likeness (QED) is 0.357. The lowest BCUT2D eigenvalue weighted by Crippen LogP contribution is -2.53. The van der Waals surface area contributed by atoms with E-state index >= 15 is 0 Å². The minimum absolute atomic E-state index is 0.0929. The van der Waals surface area contributed by atoms with E-state index in [2.05, 4.69) is 10.3 Å². The standard InChI is InChI=1S/C11H23N3O2/c1-8(10(15)13-12)9(2)14-6-4-5-11(3,16)7-14/h8-9,16H,4-7,12H2,1-3H3,(H,13,15). The summed E-state index contributed by atoms with van der Waals surface area (Å²) in [5, 5.41) is 10.0. The first kappa shape index (κ1) is 13.4. The number of carbonyl (C=O) groups excluding carboxylic acids is 1. The van der Waals surface area contributed by atoms with Crippen molar-refractivity contribution in [2.75, 3.05) is 13.1 Å². The van der Waals surface area contributed by atoms with E-state index in [0.29, 0.717) is 6.54 Å². The van der Waals surface area contributed by atoms with E-state index in [1.54, 1.807) is 0 Å². The minimum Gasteiger partial charge on any atom is -0.389 e. The highest BCUT2D eigenvalue weighted by Gasteiger charge is 2.33. The second-order valence-electron chi connectivity index (χ2n) is 5.11. The van der Waals surface area contributed by atoms with Crippen LogP contribution in [0.15, 0.2) is 0 Å². The Kier molecular flexibility index (Phi) is 4.29. The van der Waals surface area contributed by atoms with Crippen LogP contribution in [0.3, 0.4) is 0 Å². The molecule has 1 aliphatic rings. The number of amides is 1. The Morgan fingerprint density at radius 1 is 1.56 bits per heavy atom. The monoisotopic (exact) mass is 229 g/mol. The van der Waals surface area contributed by atoms with Crippen LogP contribution in [0.2, 0.25) is 0 Å². The summed E-state index contributed by atoms with van der Waals surface area (Å²) in [6, 6.07) is 0.0929. The number of aliphatic hydroxyl groups is 1. The van der Waals surface area contributed by atoms with Gasteiger partial charge in [-0.1, -0.05) is 6.92 Å². The van der Waals surface area contributed by atoms with Gasteiger partial charge in [-0.25, -0.2) is 5.84 Å². The van der Waals surface area contributed by atoms with Gasteiger partial charge < -0.3 is 5.11 Å². The van der Waals surface area contributed by atoms with Crippen molar-refractivity contribution in [2.24, 2.45) is 11.8 Å². The van der Waals surface area contributed by atoms with E-state index in [9.17, 15) is 9.90 Å². The zero-order valence-corrected chi connectivity index (χ0v) is 10.4. The summed E-state index contributed by atoms with van der Waals surface area (Å²) < 4.78 is 0. The molecule has 0 aromatic heterocycles. The van der Waals surface area contributed by atoms with E-state index in [0.717, 1.165) is 19.4 Å². The maximum absolute atomic E-state index is 11.4. The largest absolute Gasteiger partial charge is 0.389 e. The van der Waals surface area contributed by atoms with Crippen molar-refractivity contribution < 1.29 is 9.90 Å². The summed E-state index contributed by atoms with van der Waals surface area (Å²) in [6.45, 7) is 7.26. The molecular formula is C11H23N3O2. The Balaban J connectivity index is 2.59. The average Bonchev–Trinajstić information content (AvgIpc) is 2.24. The van der Waals surface area contributed by atoms with Crippen LogP contribution in [0.25, 0.3) is 0 Å². The molecule has 1 fully saturated rings. The van der Waals surface area contributed by atoms with Gasteiger partial charge in [-0.2, -0.15) is 0 Å². The highest BCUT2D eigenvalue weighted by Crippen LogP contribution is 2.24. The number of β-amino-alcohol motifs (C(OH)–C–C–N with tert-alkyl or cyclic N) is 1. The lowest BCUT2D eigenvalue weighted by molar-refractivity contribution is -0.127. The number of nitrogens with two attached hydrogens (primary N) is 1. The molecule has 5 nitrogen and oxygen atoms in total. The van der Waals surface area contributed by atoms with Crippen molar-refractivity contribution in [1.29, 1.82) is 0 Å². The predicted molar refractivity (Wildman–Crippen MR) is 62.4 cm³/mol.